The number of aliphatic hydroxyl groups excluding tert-OH is 1. The maximum Gasteiger partial charge on any atom is 0.0952 e. The van der Waals surface area contributed by atoms with Crippen molar-refractivity contribution in [3.63, 3.8) is 0 Å². The van der Waals surface area contributed by atoms with Crippen molar-refractivity contribution in [2.75, 3.05) is 11.9 Å². The summed E-state index contributed by atoms with van der Waals surface area (Å²) in [6.45, 7) is 2.48. The Hall–Kier alpha value is -1.81. The number of aromatic nitrogens is 1. The first kappa shape index (κ1) is 11.7. The molecule has 0 saturated carbocycles. The quantitative estimate of drug-likeness (QED) is 0.879. The van der Waals surface area contributed by atoms with Crippen molar-refractivity contribution in [2.24, 2.45) is 0 Å². The second-order valence-corrected chi connectivity index (χ2v) is 4.10. The smallest absolute Gasteiger partial charge is 0.0952 e. The van der Waals surface area contributed by atoms with Crippen LogP contribution in [-0.4, -0.2) is 17.1 Å². The Kier molecular flexibility index (Phi) is 3.44. The molecule has 0 bridgehead atoms. The van der Waals surface area contributed by atoms with Crippen molar-refractivity contribution in [1.29, 1.82) is 0 Å². The van der Waals surface area contributed by atoms with E-state index < -0.39 is 6.10 Å². The molecule has 90 valence electrons. The average molecular weight is 232 g/mol. The fourth-order valence-electron chi connectivity index (χ4n) is 1.62. The fourth-order valence-corrected chi connectivity index (χ4v) is 1.62. The van der Waals surface area contributed by atoms with Gasteiger partial charge in [-0.05, 0) is 25.1 Å². The molecule has 0 aromatic carbocycles. The first-order chi connectivity index (χ1) is 8.16. The summed E-state index contributed by atoms with van der Waals surface area (Å²) in [5, 5.41) is 9.37. The lowest BCUT2D eigenvalue weighted by Gasteiger charge is -2.18. The lowest BCUT2D eigenvalue weighted by atomic mass is 10.2. The number of nitrogens with zero attached hydrogens (tertiary/aromatic N) is 2. The summed E-state index contributed by atoms with van der Waals surface area (Å²) in [5.74, 6) is 0. The predicted molar refractivity (Wildman–Crippen MR) is 65.7 cm³/mol. The summed E-state index contributed by atoms with van der Waals surface area (Å²) >= 11 is 0. The minimum absolute atomic E-state index is 0.525. The van der Waals surface area contributed by atoms with E-state index in [2.05, 4.69) is 9.88 Å². The lowest BCUT2D eigenvalue weighted by Crippen LogP contribution is -2.16. The summed E-state index contributed by atoms with van der Waals surface area (Å²) in [5.41, 5.74) is 2.81. The second-order valence-electron chi connectivity index (χ2n) is 4.10. The molecule has 4 heteroatoms. The van der Waals surface area contributed by atoms with Crippen molar-refractivity contribution in [3.05, 3.63) is 48.2 Å². The molecule has 0 aliphatic carbocycles. The van der Waals surface area contributed by atoms with Crippen LogP contribution in [0.4, 0.5) is 5.69 Å². The standard InChI is InChI=1S/C13H16N2O2/c1-10(16)13-4-3-12(7-14-13)15(2)8-11-5-6-17-9-11/h3-7,9-10,16H,8H2,1-2H3/t10-/m1/s1. The number of hydrogen-bond donors (Lipinski definition) is 1. The number of pyridine rings is 1. The SMILES string of the molecule is C[C@@H](O)c1ccc(N(C)Cc2ccoc2)cn1. The van der Waals surface area contributed by atoms with Crippen LogP contribution >= 0.6 is 0 Å². The van der Waals surface area contributed by atoms with Crippen LogP contribution in [0.1, 0.15) is 24.3 Å². The third kappa shape index (κ3) is 2.85. The van der Waals surface area contributed by atoms with Gasteiger partial charge < -0.3 is 14.4 Å². The molecule has 0 aliphatic heterocycles. The van der Waals surface area contributed by atoms with Gasteiger partial charge >= 0.3 is 0 Å². The van der Waals surface area contributed by atoms with Gasteiger partial charge in [-0.3, -0.25) is 4.98 Å². The zero-order valence-corrected chi connectivity index (χ0v) is 10.00. The van der Waals surface area contributed by atoms with E-state index in [4.69, 9.17) is 4.42 Å². The van der Waals surface area contributed by atoms with Crippen LogP contribution in [0.15, 0.2) is 41.3 Å². The van der Waals surface area contributed by atoms with Gasteiger partial charge in [0.25, 0.3) is 0 Å². The van der Waals surface area contributed by atoms with Crippen LogP contribution < -0.4 is 4.90 Å². The predicted octanol–water partition coefficient (Wildman–Crippen LogP) is 2.36. The van der Waals surface area contributed by atoms with Gasteiger partial charge in [0, 0.05) is 19.2 Å². The van der Waals surface area contributed by atoms with E-state index in [1.54, 1.807) is 25.6 Å². The third-order valence-corrected chi connectivity index (χ3v) is 2.64. The topological polar surface area (TPSA) is 49.5 Å². The molecule has 4 nitrogen and oxygen atoms in total. The van der Waals surface area contributed by atoms with E-state index in [0.29, 0.717) is 5.69 Å². The molecule has 0 saturated heterocycles. The van der Waals surface area contributed by atoms with Gasteiger partial charge in [0.05, 0.1) is 36.2 Å². The van der Waals surface area contributed by atoms with E-state index in [1.807, 2.05) is 25.2 Å². The second kappa shape index (κ2) is 5.01. The van der Waals surface area contributed by atoms with Gasteiger partial charge in [-0.1, -0.05) is 0 Å². The normalized spacial score (nSPS) is 12.4. The Morgan fingerprint density at radius 1 is 1.41 bits per heavy atom. The molecule has 2 rings (SSSR count). The molecular weight excluding hydrogens is 216 g/mol. The first-order valence-electron chi connectivity index (χ1n) is 5.53. The van der Waals surface area contributed by atoms with E-state index in [-0.39, 0.29) is 0 Å². The van der Waals surface area contributed by atoms with Crippen LogP contribution in [-0.2, 0) is 6.54 Å². The Labute approximate surface area is 101 Å². The molecule has 0 unspecified atom stereocenters. The molecule has 0 radical (unpaired) electrons. The maximum absolute atomic E-state index is 9.37. The molecule has 1 N–H and O–H groups in total. The number of anilines is 1. The number of furan rings is 1. The van der Waals surface area contributed by atoms with Crippen LogP contribution in [0.25, 0.3) is 0 Å². The molecule has 2 aromatic heterocycles. The van der Waals surface area contributed by atoms with Gasteiger partial charge in [0.15, 0.2) is 0 Å². The Morgan fingerprint density at radius 3 is 2.76 bits per heavy atom. The van der Waals surface area contributed by atoms with Crippen molar-refractivity contribution in [3.8, 4) is 0 Å². The summed E-state index contributed by atoms with van der Waals surface area (Å²) in [7, 11) is 1.99. The summed E-state index contributed by atoms with van der Waals surface area (Å²) in [6.07, 6.45) is 4.64. The highest BCUT2D eigenvalue weighted by atomic mass is 16.3. The summed E-state index contributed by atoms with van der Waals surface area (Å²) < 4.78 is 5.03. The highest BCUT2D eigenvalue weighted by molar-refractivity contribution is 5.44. The molecule has 1 atom stereocenters. The molecular formula is C13H16N2O2. The Bertz CT molecular complexity index is 449. The zero-order valence-electron chi connectivity index (χ0n) is 10.00. The van der Waals surface area contributed by atoms with Gasteiger partial charge in [0.1, 0.15) is 0 Å². The number of rotatable bonds is 4. The molecule has 17 heavy (non-hydrogen) atoms. The Morgan fingerprint density at radius 2 is 2.24 bits per heavy atom. The highest BCUT2D eigenvalue weighted by Crippen LogP contribution is 2.17. The van der Waals surface area contributed by atoms with Gasteiger partial charge in [-0.15, -0.1) is 0 Å². The first-order valence-corrected chi connectivity index (χ1v) is 5.53. The third-order valence-electron chi connectivity index (χ3n) is 2.64. The average Bonchev–Trinajstić information content (AvgIpc) is 2.82. The monoisotopic (exact) mass is 232 g/mol. The van der Waals surface area contributed by atoms with Gasteiger partial charge in [-0.2, -0.15) is 0 Å². The summed E-state index contributed by atoms with van der Waals surface area (Å²) in [4.78, 5) is 6.29. The fraction of sp³-hybridized carbons (Fsp3) is 0.308. The van der Waals surface area contributed by atoms with Gasteiger partial charge in [0.2, 0.25) is 0 Å². The van der Waals surface area contributed by atoms with Gasteiger partial charge in [-0.25, -0.2) is 0 Å². The van der Waals surface area contributed by atoms with Crippen molar-refractivity contribution >= 4 is 5.69 Å². The minimum Gasteiger partial charge on any atom is -0.472 e. The van der Waals surface area contributed by atoms with Crippen molar-refractivity contribution in [2.45, 2.75) is 19.6 Å². The van der Waals surface area contributed by atoms with Crippen LogP contribution in [0.2, 0.25) is 0 Å². The van der Waals surface area contributed by atoms with Crippen LogP contribution in [0.3, 0.4) is 0 Å². The molecule has 0 spiro atoms. The van der Waals surface area contributed by atoms with Crippen LogP contribution in [0, 0.1) is 0 Å². The minimum atomic E-state index is -0.525. The maximum atomic E-state index is 9.37. The number of aliphatic hydroxyl groups is 1. The molecule has 0 amide bonds. The molecule has 0 fully saturated rings. The van der Waals surface area contributed by atoms with Crippen molar-refractivity contribution in [1.82, 2.24) is 4.98 Å². The summed E-state index contributed by atoms with van der Waals surface area (Å²) in [6, 6.07) is 5.73. The van der Waals surface area contributed by atoms with E-state index in [9.17, 15) is 5.11 Å². The largest absolute Gasteiger partial charge is 0.472 e. The lowest BCUT2D eigenvalue weighted by molar-refractivity contribution is 0.194. The molecule has 2 aromatic rings. The van der Waals surface area contributed by atoms with E-state index in [0.717, 1.165) is 17.8 Å². The molecule has 0 aliphatic rings. The van der Waals surface area contributed by atoms with Crippen LogP contribution in [0.5, 0.6) is 0 Å². The Balaban J connectivity index is 2.06. The van der Waals surface area contributed by atoms with Crippen molar-refractivity contribution < 1.29 is 9.52 Å². The van der Waals surface area contributed by atoms with E-state index in [1.165, 1.54) is 0 Å². The highest BCUT2D eigenvalue weighted by Gasteiger charge is 2.06. The zero-order chi connectivity index (χ0) is 12.3. The number of hydrogen-bond acceptors (Lipinski definition) is 4. The van der Waals surface area contributed by atoms with E-state index >= 15 is 0 Å². The molecule has 2 heterocycles.